The first-order valence-corrected chi connectivity index (χ1v) is 6.39. The predicted octanol–water partition coefficient (Wildman–Crippen LogP) is 2.03. The first kappa shape index (κ1) is 15.9. The molecule has 0 bridgehead atoms. The Hall–Kier alpha value is -2.12. The summed E-state index contributed by atoms with van der Waals surface area (Å²) >= 11 is 0. The van der Waals surface area contributed by atoms with Crippen LogP contribution < -0.4 is 5.32 Å². The van der Waals surface area contributed by atoms with Crippen LogP contribution in [0.2, 0.25) is 0 Å². The van der Waals surface area contributed by atoms with Crippen molar-refractivity contribution < 1.29 is 14.8 Å². The molecule has 2 N–H and O–H groups in total. The average molecular weight is 284 g/mol. The molecule has 112 valence electrons. The lowest BCUT2D eigenvalue weighted by atomic mass is 9.94. The molecule has 0 unspecified atom stereocenters. The zero-order chi connectivity index (χ0) is 15.5. The number of aryl methyl sites for hydroxylation is 2. The van der Waals surface area contributed by atoms with Crippen molar-refractivity contribution in [1.82, 2.24) is 9.78 Å². The molecule has 0 aliphatic carbocycles. The Bertz CT molecular complexity index is 522. The van der Waals surface area contributed by atoms with E-state index in [9.17, 15) is 14.9 Å². The Morgan fingerprint density at radius 2 is 2.15 bits per heavy atom. The molecule has 1 heterocycles. The van der Waals surface area contributed by atoms with Crippen molar-refractivity contribution in [1.29, 1.82) is 0 Å². The Morgan fingerprint density at radius 3 is 2.60 bits per heavy atom. The highest BCUT2D eigenvalue weighted by Gasteiger charge is 2.30. The highest BCUT2D eigenvalue weighted by molar-refractivity contribution is 5.74. The van der Waals surface area contributed by atoms with Crippen LogP contribution >= 0.6 is 0 Å². The zero-order valence-electron chi connectivity index (χ0n) is 12.1. The van der Waals surface area contributed by atoms with Crippen LogP contribution in [0.15, 0.2) is 0 Å². The van der Waals surface area contributed by atoms with Gasteiger partial charge in [0.2, 0.25) is 5.82 Å². The summed E-state index contributed by atoms with van der Waals surface area (Å²) in [6.45, 7) is 7.23. The third-order valence-electron chi connectivity index (χ3n) is 2.99. The van der Waals surface area contributed by atoms with E-state index in [2.05, 4.69) is 10.4 Å². The van der Waals surface area contributed by atoms with E-state index in [1.54, 1.807) is 20.8 Å². The minimum atomic E-state index is -1.02. The molecule has 0 atom stereocenters. The van der Waals surface area contributed by atoms with E-state index >= 15 is 0 Å². The SMILES string of the molecule is CCCn1nc(C)c([N+](=O)[O-])c1NCC(C)(C)C(=O)O. The molecule has 0 radical (unpaired) electrons. The van der Waals surface area contributed by atoms with Crippen LogP contribution in [0.4, 0.5) is 11.5 Å². The third-order valence-corrected chi connectivity index (χ3v) is 2.99. The van der Waals surface area contributed by atoms with Crippen LogP contribution in [0, 0.1) is 22.5 Å². The van der Waals surface area contributed by atoms with Gasteiger partial charge < -0.3 is 10.4 Å². The molecule has 8 nitrogen and oxygen atoms in total. The second-order valence-corrected chi connectivity index (χ2v) is 5.31. The molecule has 0 spiro atoms. The van der Waals surface area contributed by atoms with Crippen LogP contribution in [-0.4, -0.2) is 32.3 Å². The summed E-state index contributed by atoms with van der Waals surface area (Å²) in [5, 5.41) is 27.2. The number of carbonyl (C=O) groups is 1. The van der Waals surface area contributed by atoms with Crippen molar-refractivity contribution in [3.05, 3.63) is 15.8 Å². The number of aliphatic carboxylic acids is 1. The number of anilines is 1. The molecular formula is C12H20N4O4. The fourth-order valence-corrected chi connectivity index (χ4v) is 1.72. The highest BCUT2D eigenvalue weighted by atomic mass is 16.6. The van der Waals surface area contributed by atoms with Crippen molar-refractivity contribution in [2.45, 2.75) is 40.7 Å². The quantitative estimate of drug-likeness (QED) is 0.585. The van der Waals surface area contributed by atoms with E-state index in [0.717, 1.165) is 6.42 Å². The minimum Gasteiger partial charge on any atom is -0.481 e. The molecule has 8 heteroatoms. The number of nitrogens with one attached hydrogen (secondary N) is 1. The van der Waals surface area contributed by atoms with Gasteiger partial charge in [0.15, 0.2) is 0 Å². The van der Waals surface area contributed by atoms with Crippen LogP contribution in [0.3, 0.4) is 0 Å². The third kappa shape index (κ3) is 3.25. The topological polar surface area (TPSA) is 110 Å². The number of rotatable bonds is 7. The van der Waals surface area contributed by atoms with Gasteiger partial charge >= 0.3 is 11.7 Å². The number of carboxylic acids is 1. The van der Waals surface area contributed by atoms with Gasteiger partial charge in [0.05, 0.1) is 10.3 Å². The van der Waals surface area contributed by atoms with Gasteiger partial charge in [0, 0.05) is 13.1 Å². The van der Waals surface area contributed by atoms with Gasteiger partial charge in [-0.3, -0.25) is 14.9 Å². The molecule has 0 aliphatic rings. The van der Waals surface area contributed by atoms with Crippen LogP contribution in [-0.2, 0) is 11.3 Å². The van der Waals surface area contributed by atoms with E-state index in [-0.39, 0.29) is 18.1 Å². The first-order chi connectivity index (χ1) is 9.20. The van der Waals surface area contributed by atoms with Crippen LogP contribution in [0.1, 0.15) is 32.9 Å². The molecule has 1 aromatic rings. The number of aromatic nitrogens is 2. The molecule has 0 saturated carbocycles. The molecule has 1 aromatic heterocycles. The summed E-state index contributed by atoms with van der Waals surface area (Å²) in [7, 11) is 0. The highest BCUT2D eigenvalue weighted by Crippen LogP contribution is 2.29. The van der Waals surface area contributed by atoms with E-state index in [1.807, 2.05) is 6.92 Å². The summed E-state index contributed by atoms with van der Waals surface area (Å²) in [5.41, 5.74) is -0.804. The fourth-order valence-electron chi connectivity index (χ4n) is 1.72. The monoisotopic (exact) mass is 284 g/mol. The Balaban J connectivity index is 3.08. The molecule has 0 saturated heterocycles. The lowest BCUT2D eigenvalue weighted by Crippen LogP contribution is -2.32. The lowest BCUT2D eigenvalue weighted by molar-refractivity contribution is -0.384. The lowest BCUT2D eigenvalue weighted by Gasteiger charge is -2.20. The summed E-state index contributed by atoms with van der Waals surface area (Å²) in [4.78, 5) is 21.7. The smallest absolute Gasteiger partial charge is 0.333 e. The van der Waals surface area contributed by atoms with Gasteiger partial charge in [-0.25, -0.2) is 4.68 Å². The van der Waals surface area contributed by atoms with Crippen molar-refractivity contribution >= 4 is 17.5 Å². The molecular weight excluding hydrogens is 264 g/mol. The van der Waals surface area contributed by atoms with E-state index < -0.39 is 16.3 Å². The second-order valence-electron chi connectivity index (χ2n) is 5.31. The largest absolute Gasteiger partial charge is 0.481 e. The number of hydrogen-bond donors (Lipinski definition) is 2. The standard InChI is InChI=1S/C12H20N4O4/c1-5-6-15-10(9(16(19)20)8(2)14-15)13-7-12(3,4)11(17)18/h13H,5-7H2,1-4H3,(H,17,18). The predicted molar refractivity (Wildman–Crippen MR) is 73.8 cm³/mol. The van der Waals surface area contributed by atoms with E-state index in [4.69, 9.17) is 5.11 Å². The van der Waals surface area contributed by atoms with Gasteiger partial charge in [-0.2, -0.15) is 5.10 Å². The molecule has 20 heavy (non-hydrogen) atoms. The Morgan fingerprint density at radius 1 is 1.55 bits per heavy atom. The van der Waals surface area contributed by atoms with Gasteiger partial charge in [-0.15, -0.1) is 0 Å². The molecule has 0 aliphatic heterocycles. The Kier molecular flexibility index (Phi) is 4.69. The van der Waals surface area contributed by atoms with Crippen LogP contribution in [0.5, 0.6) is 0 Å². The molecule has 0 amide bonds. The summed E-state index contributed by atoms with van der Waals surface area (Å²) in [6.07, 6.45) is 0.773. The minimum absolute atomic E-state index is 0.0814. The fraction of sp³-hybridized carbons (Fsp3) is 0.667. The number of hydrogen-bond acceptors (Lipinski definition) is 5. The van der Waals surface area contributed by atoms with Crippen molar-refractivity contribution in [2.75, 3.05) is 11.9 Å². The maximum absolute atomic E-state index is 11.1. The number of nitrogens with zero attached hydrogens (tertiary/aromatic N) is 3. The maximum atomic E-state index is 11.1. The van der Waals surface area contributed by atoms with Gasteiger partial charge in [-0.1, -0.05) is 6.92 Å². The Labute approximate surface area is 116 Å². The number of nitro groups is 1. The van der Waals surface area contributed by atoms with Crippen LogP contribution in [0.25, 0.3) is 0 Å². The first-order valence-electron chi connectivity index (χ1n) is 6.39. The molecule has 1 rings (SSSR count). The van der Waals surface area contributed by atoms with E-state index in [0.29, 0.717) is 12.2 Å². The molecule has 0 fully saturated rings. The van der Waals surface area contributed by atoms with Gasteiger partial charge in [0.25, 0.3) is 0 Å². The summed E-state index contributed by atoms with van der Waals surface area (Å²) in [6, 6.07) is 0. The number of carboxylic acid groups (broad SMARTS) is 1. The van der Waals surface area contributed by atoms with Gasteiger partial charge in [0.1, 0.15) is 5.69 Å². The average Bonchev–Trinajstić information content (AvgIpc) is 2.63. The normalized spacial score (nSPS) is 11.4. The van der Waals surface area contributed by atoms with E-state index in [1.165, 1.54) is 4.68 Å². The maximum Gasteiger partial charge on any atom is 0.333 e. The van der Waals surface area contributed by atoms with Gasteiger partial charge in [-0.05, 0) is 27.2 Å². The van der Waals surface area contributed by atoms with Crippen molar-refractivity contribution in [3.63, 3.8) is 0 Å². The zero-order valence-corrected chi connectivity index (χ0v) is 12.1. The van der Waals surface area contributed by atoms with Crippen molar-refractivity contribution in [2.24, 2.45) is 5.41 Å². The summed E-state index contributed by atoms with van der Waals surface area (Å²) in [5.74, 6) is -0.699. The summed E-state index contributed by atoms with van der Waals surface area (Å²) < 4.78 is 1.52. The molecule has 0 aromatic carbocycles. The second kappa shape index (κ2) is 5.89. The van der Waals surface area contributed by atoms with Crippen molar-refractivity contribution in [3.8, 4) is 0 Å².